The van der Waals surface area contributed by atoms with Crippen molar-refractivity contribution in [3.8, 4) is 0 Å². The van der Waals surface area contributed by atoms with E-state index in [-0.39, 0.29) is 24.0 Å². The van der Waals surface area contributed by atoms with Gasteiger partial charge in [-0.05, 0) is 38.7 Å². The second kappa shape index (κ2) is 8.88. The lowest BCUT2D eigenvalue weighted by atomic mass is 9.54. The minimum atomic E-state index is -0.979. The number of ether oxygens (including phenoxy) is 1. The molecule has 1 aliphatic heterocycles. The van der Waals surface area contributed by atoms with E-state index in [0.29, 0.717) is 30.0 Å². The third kappa shape index (κ3) is 3.92. The second-order valence-corrected chi connectivity index (χ2v) is 8.64. The molecule has 1 spiro atoms. The summed E-state index contributed by atoms with van der Waals surface area (Å²) < 4.78 is 6.09. The van der Waals surface area contributed by atoms with Crippen LogP contribution >= 0.6 is 24.0 Å². The Labute approximate surface area is 185 Å². The third-order valence-corrected chi connectivity index (χ3v) is 6.86. The number of aliphatic imine (C=N–C) groups is 1. The first-order valence-electron chi connectivity index (χ1n) is 10.5. The van der Waals surface area contributed by atoms with E-state index in [2.05, 4.69) is 17.6 Å². The predicted octanol–water partition coefficient (Wildman–Crippen LogP) is 3.41. The summed E-state index contributed by atoms with van der Waals surface area (Å²) in [6.45, 7) is 5.95. The largest absolute Gasteiger partial charge is 0.384 e. The Kier molecular flexibility index (Phi) is 6.92. The molecule has 2 saturated carbocycles. The van der Waals surface area contributed by atoms with Gasteiger partial charge in [0.05, 0.1) is 12.6 Å². The third-order valence-electron chi connectivity index (χ3n) is 6.86. The molecule has 6 heteroatoms. The number of halogens is 1. The van der Waals surface area contributed by atoms with Crippen molar-refractivity contribution >= 4 is 29.9 Å². The molecule has 28 heavy (non-hydrogen) atoms. The molecule has 3 N–H and O–H groups in total. The summed E-state index contributed by atoms with van der Waals surface area (Å²) in [5, 5.41) is 18.0. The number of fused-ring (bicyclic) bond motifs is 2. The molecule has 1 heterocycles. The first-order chi connectivity index (χ1) is 13.1. The summed E-state index contributed by atoms with van der Waals surface area (Å²) in [6.07, 6.45) is 6.71. The highest BCUT2D eigenvalue weighted by atomic mass is 127. The zero-order valence-electron chi connectivity index (χ0n) is 17.0. The number of guanidine groups is 1. The first-order valence-corrected chi connectivity index (χ1v) is 10.5. The SMILES string of the molecule is CCNC(=NCC(C)(O)c1ccccc1)NC1C2CCOC2C12CCCC2.I. The van der Waals surface area contributed by atoms with Gasteiger partial charge in [-0.25, -0.2) is 4.99 Å². The summed E-state index contributed by atoms with van der Waals surface area (Å²) in [6, 6.07) is 10.2. The van der Waals surface area contributed by atoms with Gasteiger partial charge < -0.3 is 20.5 Å². The van der Waals surface area contributed by atoms with E-state index >= 15 is 0 Å². The Morgan fingerprint density at radius 3 is 2.68 bits per heavy atom. The molecule has 1 aromatic carbocycles. The van der Waals surface area contributed by atoms with Crippen molar-refractivity contribution in [2.75, 3.05) is 19.7 Å². The van der Waals surface area contributed by atoms with Crippen molar-refractivity contribution in [2.45, 2.75) is 63.7 Å². The quantitative estimate of drug-likeness (QED) is 0.330. The summed E-state index contributed by atoms with van der Waals surface area (Å²) >= 11 is 0. The molecular formula is C22H34IN3O2. The second-order valence-electron chi connectivity index (χ2n) is 8.64. The molecule has 1 aromatic rings. The van der Waals surface area contributed by atoms with E-state index in [9.17, 15) is 5.11 Å². The van der Waals surface area contributed by atoms with E-state index in [0.717, 1.165) is 31.1 Å². The monoisotopic (exact) mass is 499 g/mol. The topological polar surface area (TPSA) is 65.9 Å². The van der Waals surface area contributed by atoms with Crippen LogP contribution in [-0.4, -0.2) is 42.9 Å². The minimum Gasteiger partial charge on any atom is -0.384 e. The zero-order chi connectivity index (χ0) is 18.9. The van der Waals surface area contributed by atoms with Gasteiger partial charge in [-0.15, -0.1) is 24.0 Å². The average Bonchev–Trinajstić information content (AvgIpc) is 3.33. The van der Waals surface area contributed by atoms with E-state index in [1.54, 1.807) is 0 Å². The van der Waals surface area contributed by atoms with Crippen molar-refractivity contribution in [3.05, 3.63) is 35.9 Å². The molecule has 4 rings (SSSR count). The maximum Gasteiger partial charge on any atom is 0.191 e. The fraction of sp³-hybridized carbons (Fsp3) is 0.682. The van der Waals surface area contributed by atoms with E-state index in [1.807, 2.05) is 37.3 Å². The number of nitrogens with zero attached hydrogens (tertiary/aromatic N) is 1. The van der Waals surface area contributed by atoms with Gasteiger partial charge in [-0.2, -0.15) is 0 Å². The molecule has 0 radical (unpaired) electrons. The summed E-state index contributed by atoms with van der Waals surface area (Å²) in [7, 11) is 0. The van der Waals surface area contributed by atoms with Crippen LogP contribution in [0.25, 0.3) is 0 Å². The molecule has 3 fully saturated rings. The summed E-state index contributed by atoms with van der Waals surface area (Å²) in [4.78, 5) is 4.76. The van der Waals surface area contributed by atoms with Crippen LogP contribution in [0.1, 0.15) is 51.5 Å². The van der Waals surface area contributed by atoms with Crippen LogP contribution in [0.15, 0.2) is 35.3 Å². The lowest BCUT2D eigenvalue weighted by molar-refractivity contribution is -0.125. The Morgan fingerprint density at radius 1 is 1.29 bits per heavy atom. The Bertz CT molecular complexity index is 674. The molecule has 0 bridgehead atoms. The van der Waals surface area contributed by atoms with Gasteiger partial charge in [-0.3, -0.25) is 0 Å². The Morgan fingerprint density at radius 2 is 2.00 bits per heavy atom. The van der Waals surface area contributed by atoms with Crippen molar-refractivity contribution in [1.82, 2.24) is 10.6 Å². The predicted molar refractivity (Wildman–Crippen MR) is 123 cm³/mol. The molecule has 5 nitrogen and oxygen atoms in total. The van der Waals surface area contributed by atoms with Crippen molar-refractivity contribution < 1.29 is 9.84 Å². The standard InChI is InChI=1S/C22H33N3O2.HI/c1-3-23-20(24-15-21(2,26)16-9-5-4-6-10-16)25-18-17-11-14-27-19(17)22(18)12-7-8-13-22;/h4-6,9-10,17-19,26H,3,7-8,11-15H2,1-2H3,(H2,23,24,25);1H. The fourth-order valence-electron chi connectivity index (χ4n) is 5.49. The molecule has 3 aliphatic rings. The minimum absolute atomic E-state index is 0. The highest BCUT2D eigenvalue weighted by Gasteiger charge is 2.65. The number of nitrogens with one attached hydrogen (secondary N) is 2. The molecule has 2 aliphatic carbocycles. The van der Waals surface area contributed by atoms with Crippen LogP contribution < -0.4 is 10.6 Å². The van der Waals surface area contributed by atoms with Gasteiger partial charge in [0.1, 0.15) is 5.60 Å². The van der Waals surface area contributed by atoms with E-state index in [1.165, 1.54) is 25.7 Å². The highest BCUT2D eigenvalue weighted by Crippen LogP contribution is 2.60. The van der Waals surface area contributed by atoms with Crippen molar-refractivity contribution in [1.29, 1.82) is 0 Å². The molecule has 0 aromatic heterocycles. The number of hydrogen-bond donors (Lipinski definition) is 3. The molecule has 0 amide bonds. The van der Waals surface area contributed by atoms with Gasteiger partial charge >= 0.3 is 0 Å². The molecule has 1 saturated heterocycles. The average molecular weight is 499 g/mol. The Balaban J connectivity index is 0.00000225. The number of hydrogen-bond acceptors (Lipinski definition) is 3. The van der Waals surface area contributed by atoms with Crippen LogP contribution in [0.4, 0.5) is 0 Å². The lowest BCUT2D eigenvalue weighted by Crippen LogP contribution is -2.69. The van der Waals surface area contributed by atoms with Gasteiger partial charge in [0.25, 0.3) is 0 Å². The van der Waals surface area contributed by atoms with Crippen LogP contribution in [0.5, 0.6) is 0 Å². The van der Waals surface area contributed by atoms with Crippen LogP contribution in [-0.2, 0) is 10.3 Å². The maximum atomic E-state index is 10.9. The number of benzene rings is 1. The fourth-order valence-corrected chi connectivity index (χ4v) is 5.49. The summed E-state index contributed by atoms with van der Waals surface area (Å²) in [5.74, 6) is 1.41. The van der Waals surface area contributed by atoms with E-state index < -0.39 is 5.60 Å². The molecule has 4 atom stereocenters. The highest BCUT2D eigenvalue weighted by molar-refractivity contribution is 14.0. The van der Waals surface area contributed by atoms with Gasteiger partial charge in [0.15, 0.2) is 5.96 Å². The number of aliphatic hydroxyl groups is 1. The van der Waals surface area contributed by atoms with E-state index in [4.69, 9.17) is 9.73 Å². The lowest BCUT2D eigenvalue weighted by Gasteiger charge is -2.57. The van der Waals surface area contributed by atoms with Gasteiger partial charge in [0, 0.05) is 30.5 Å². The van der Waals surface area contributed by atoms with Gasteiger partial charge in [0.2, 0.25) is 0 Å². The first kappa shape index (κ1) is 21.8. The van der Waals surface area contributed by atoms with Gasteiger partial charge in [-0.1, -0.05) is 43.2 Å². The smallest absolute Gasteiger partial charge is 0.191 e. The van der Waals surface area contributed by atoms with Crippen molar-refractivity contribution in [3.63, 3.8) is 0 Å². The van der Waals surface area contributed by atoms with Crippen LogP contribution in [0, 0.1) is 11.3 Å². The normalized spacial score (nSPS) is 30.1. The van der Waals surface area contributed by atoms with Crippen molar-refractivity contribution in [2.24, 2.45) is 16.3 Å². The molecule has 4 unspecified atom stereocenters. The molecule has 156 valence electrons. The Hall–Kier alpha value is -0.860. The zero-order valence-corrected chi connectivity index (χ0v) is 19.3. The number of rotatable bonds is 5. The molecular weight excluding hydrogens is 465 g/mol. The summed E-state index contributed by atoms with van der Waals surface area (Å²) in [5.41, 5.74) is 0.205. The van der Waals surface area contributed by atoms with Crippen LogP contribution in [0.2, 0.25) is 0 Å². The maximum absolute atomic E-state index is 10.9. The van der Waals surface area contributed by atoms with Crippen LogP contribution in [0.3, 0.4) is 0 Å².